The van der Waals surface area contributed by atoms with Crippen LogP contribution in [0, 0.1) is 5.92 Å². The minimum Gasteiger partial charge on any atom is -0.334 e. The molecule has 0 aromatic heterocycles. The van der Waals surface area contributed by atoms with Crippen LogP contribution in [-0.4, -0.2) is 11.5 Å². The highest BCUT2D eigenvalue weighted by atomic mass is 32.1. The van der Waals surface area contributed by atoms with Gasteiger partial charge in [0.15, 0.2) is 0 Å². The molecule has 2 heteroatoms. The Balaban J connectivity index is 2.15. The molecule has 1 aromatic rings. The van der Waals surface area contributed by atoms with Crippen LogP contribution in [0.3, 0.4) is 0 Å². The Bertz CT molecular complexity index is 331. The summed E-state index contributed by atoms with van der Waals surface area (Å²) in [5, 5.41) is 0. The molecule has 0 N–H and O–H groups in total. The van der Waals surface area contributed by atoms with Gasteiger partial charge in [-0.25, -0.2) is 0 Å². The molecule has 1 heterocycles. The number of rotatable bonds is 2. The predicted molar refractivity (Wildman–Crippen MR) is 60.1 cm³/mol. The van der Waals surface area contributed by atoms with Crippen molar-refractivity contribution in [2.24, 2.45) is 5.92 Å². The second-order valence-corrected chi connectivity index (χ2v) is 3.54. The molecule has 0 bridgehead atoms. The summed E-state index contributed by atoms with van der Waals surface area (Å²) in [6.07, 6.45) is 1.92. The molecule has 1 unspecified atom stereocenters. The first-order chi connectivity index (χ1) is 6.33. The van der Waals surface area contributed by atoms with E-state index in [0.29, 0.717) is 5.92 Å². The molecule has 0 radical (unpaired) electrons. The lowest BCUT2D eigenvalue weighted by Gasteiger charge is -2.40. The molecule has 13 heavy (non-hydrogen) atoms. The third kappa shape index (κ3) is 1.38. The highest BCUT2D eigenvalue weighted by molar-refractivity contribution is 7.80. The summed E-state index contributed by atoms with van der Waals surface area (Å²) < 4.78 is 0. The van der Waals surface area contributed by atoms with Gasteiger partial charge >= 0.3 is 0 Å². The zero-order chi connectivity index (χ0) is 9.26. The number of hydrogen-bond donors (Lipinski definition) is 0. The van der Waals surface area contributed by atoms with Crippen LogP contribution < -0.4 is 4.90 Å². The van der Waals surface area contributed by atoms with Crippen molar-refractivity contribution < 1.29 is 0 Å². The molecule has 1 aliphatic heterocycles. The van der Waals surface area contributed by atoms with E-state index < -0.39 is 0 Å². The summed E-state index contributed by atoms with van der Waals surface area (Å²) in [5.74, 6) is 0.398. The molecule has 1 aromatic carbocycles. The van der Waals surface area contributed by atoms with Gasteiger partial charge in [0.25, 0.3) is 0 Å². The van der Waals surface area contributed by atoms with Crippen LogP contribution in [0.15, 0.2) is 43.0 Å². The van der Waals surface area contributed by atoms with Gasteiger partial charge in [-0.1, -0.05) is 36.5 Å². The van der Waals surface area contributed by atoms with E-state index >= 15 is 0 Å². The van der Waals surface area contributed by atoms with Crippen molar-refractivity contribution >= 4 is 22.9 Å². The van der Waals surface area contributed by atoms with Crippen LogP contribution in [0.2, 0.25) is 0 Å². The summed E-state index contributed by atoms with van der Waals surface area (Å²) in [7, 11) is 0. The molecule has 0 saturated carbocycles. The standard InChI is InChI=1S/C11H11NS/c1-2-9-8-12(11(9)13)10-6-4-3-5-7-10/h2-7,9H,1,8H2. The van der Waals surface area contributed by atoms with E-state index in [0.717, 1.165) is 11.5 Å². The summed E-state index contributed by atoms with van der Waals surface area (Å²) in [6.45, 7) is 4.73. The quantitative estimate of drug-likeness (QED) is 0.520. The van der Waals surface area contributed by atoms with Gasteiger partial charge in [-0.05, 0) is 12.1 Å². The molecule has 1 atom stereocenters. The van der Waals surface area contributed by atoms with Crippen molar-refractivity contribution in [3.05, 3.63) is 43.0 Å². The molecular formula is C11H11NS. The molecule has 1 nitrogen and oxygen atoms in total. The van der Waals surface area contributed by atoms with Gasteiger partial charge in [0.05, 0.1) is 4.99 Å². The molecule has 0 spiro atoms. The van der Waals surface area contributed by atoms with E-state index in [4.69, 9.17) is 12.2 Å². The van der Waals surface area contributed by atoms with E-state index in [1.165, 1.54) is 5.69 Å². The van der Waals surface area contributed by atoms with Gasteiger partial charge < -0.3 is 4.90 Å². The average Bonchev–Trinajstić information content (AvgIpc) is 2.18. The fraction of sp³-hybridized carbons (Fsp3) is 0.182. The van der Waals surface area contributed by atoms with Gasteiger partial charge in [-0.3, -0.25) is 0 Å². The van der Waals surface area contributed by atoms with E-state index in [1.54, 1.807) is 0 Å². The smallest absolute Gasteiger partial charge is 0.0911 e. The molecule has 66 valence electrons. The first-order valence-corrected chi connectivity index (χ1v) is 4.73. The lowest BCUT2D eigenvalue weighted by molar-refractivity contribution is 0.748. The second-order valence-electron chi connectivity index (χ2n) is 3.13. The highest BCUT2D eigenvalue weighted by Gasteiger charge is 2.30. The number of nitrogens with zero attached hydrogens (tertiary/aromatic N) is 1. The summed E-state index contributed by atoms with van der Waals surface area (Å²) in [5.41, 5.74) is 1.19. The number of thiocarbonyl (C=S) groups is 1. The molecule has 0 amide bonds. The average molecular weight is 189 g/mol. The normalized spacial score (nSPS) is 21.1. The fourth-order valence-electron chi connectivity index (χ4n) is 1.47. The number of hydrogen-bond acceptors (Lipinski definition) is 1. The molecule has 2 rings (SSSR count). The lowest BCUT2D eigenvalue weighted by atomic mass is 9.99. The number of anilines is 1. The van der Waals surface area contributed by atoms with Gasteiger partial charge in [-0.15, -0.1) is 6.58 Å². The summed E-state index contributed by atoms with van der Waals surface area (Å²) >= 11 is 5.26. The topological polar surface area (TPSA) is 3.24 Å². The number of benzene rings is 1. The van der Waals surface area contributed by atoms with E-state index in [9.17, 15) is 0 Å². The van der Waals surface area contributed by atoms with Crippen molar-refractivity contribution in [3.63, 3.8) is 0 Å². The molecule has 1 saturated heterocycles. The largest absolute Gasteiger partial charge is 0.334 e. The van der Waals surface area contributed by atoms with Crippen LogP contribution in [0.1, 0.15) is 0 Å². The fourth-order valence-corrected chi connectivity index (χ4v) is 1.82. The third-order valence-corrected chi connectivity index (χ3v) is 2.84. The van der Waals surface area contributed by atoms with Crippen molar-refractivity contribution in [3.8, 4) is 0 Å². The van der Waals surface area contributed by atoms with Crippen molar-refractivity contribution in [1.29, 1.82) is 0 Å². The monoisotopic (exact) mass is 189 g/mol. The Morgan fingerprint density at radius 2 is 2.08 bits per heavy atom. The minimum absolute atomic E-state index is 0.398. The maximum absolute atomic E-state index is 5.26. The SMILES string of the molecule is C=CC1CN(c2ccccc2)C1=S. The lowest BCUT2D eigenvalue weighted by Crippen LogP contribution is -2.50. The highest BCUT2D eigenvalue weighted by Crippen LogP contribution is 2.27. The molecule has 1 aliphatic rings. The van der Waals surface area contributed by atoms with Crippen molar-refractivity contribution in [2.75, 3.05) is 11.4 Å². The first-order valence-electron chi connectivity index (χ1n) is 4.32. The number of para-hydroxylation sites is 1. The van der Waals surface area contributed by atoms with Crippen LogP contribution >= 0.6 is 12.2 Å². The maximum Gasteiger partial charge on any atom is 0.0911 e. The maximum atomic E-state index is 5.26. The zero-order valence-electron chi connectivity index (χ0n) is 7.31. The first kappa shape index (κ1) is 8.45. The van der Waals surface area contributed by atoms with E-state index in [1.807, 2.05) is 24.3 Å². The van der Waals surface area contributed by atoms with Crippen LogP contribution in [0.4, 0.5) is 5.69 Å². The van der Waals surface area contributed by atoms with E-state index in [2.05, 4.69) is 23.6 Å². The van der Waals surface area contributed by atoms with Crippen LogP contribution in [-0.2, 0) is 0 Å². The molecule has 1 fully saturated rings. The van der Waals surface area contributed by atoms with Crippen LogP contribution in [0.5, 0.6) is 0 Å². The van der Waals surface area contributed by atoms with E-state index in [-0.39, 0.29) is 0 Å². The van der Waals surface area contributed by atoms with Gasteiger partial charge in [0, 0.05) is 18.2 Å². The Morgan fingerprint density at radius 1 is 1.38 bits per heavy atom. The van der Waals surface area contributed by atoms with Gasteiger partial charge in [0.2, 0.25) is 0 Å². The summed E-state index contributed by atoms with van der Waals surface area (Å²) in [4.78, 5) is 3.13. The van der Waals surface area contributed by atoms with Gasteiger partial charge in [-0.2, -0.15) is 0 Å². The summed E-state index contributed by atoms with van der Waals surface area (Å²) in [6, 6.07) is 10.2. The van der Waals surface area contributed by atoms with Crippen LogP contribution in [0.25, 0.3) is 0 Å². The zero-order valence-corrected chi connectivity index (χ0v) is 8.13. The second kappa shape index (κ2) is 3.30. The Morgan fingerprint density at radius 3 is 2.62 bits per heavy atom. The Kier molecular flexibility index (Phi) is 2.15. The van der Waals surface area contributed by atoms with Gasteiger partial charge in [0.1, 0.15) is 0 Å². The predicted octanol–water partition coefficient (Wildman–Crippen LogP) is 2.64. The minimum atomic E-state index is 0.398. The van der Waals surface area contributed by atoms with Crippen molar-refractivity contribution in [1.82, 2.24) is 0 Å². The Labute approximate surface area is 83.7 Å². The van der Waals surface area contributed by atoms with Crippen molar-refractivity contribution in [2.45, 2.75) is 0 Å². The molecule has 0 aliphatic carbocycles. The third-order valence-electron chi connectivity index (χ3n) is 2.31. The molecular weight excluding hydrogens is 178 g/mol. The Hall–Kier alpha value is -1.15.